The zero-order valence-electron chi connectivity index (χ0n) is 14.0. The number of nitrogens with one attached hydrogen (secondary N) is 1. The van der Waals surface area contributed by atoms with E-state index in [0.717, 1.165) is 6.42 Å². The molecule has 1 rings (SSSR count). The molecular weight excluding hydrogens is 307 g/mol. The minimum Gasteiger partial charge on any atom is -0.484 e. The number of hydrogen-bond donors (Lipinski definition) is 1. The van der Waals surface area contributed by atoms with Crippen molar-refractivity contribution in [3.05, 3.63) is 29.8 Å². The molecule has 0 radical (unpaired) electrons. The van der Waals surface area contributed by atoms with E-state index in [1.807, 2.05) is 0 Å². The summed E-state index contributed by atoms with van der Waals surface area (Å²) in [6.07, 6.45) is -3.19. The number of carbonyl (C=O) groups excluding carboxylic acids is 1. The number of hydrogen-bond acceptors (Lipinski definition) is 2. The van der Waals surface area contributed by atoms with Crippen molar-refractivity contribution in [2.45, 2.75) is 52.8 Å². The Morgan fingerprint density at radius 2 is 1.91 bits per heavy atom. The minimum absolute atomic E-state index is 0.0750. The van der Waals surface area contributed by atoms with E-state index in [-0.39, 0.29) is 23.1 Å². The first-order valence-corrected chi connectivity index (χ1v) is 7.55. The molecule has 0 heterocycles. The van der Waals surface area contributed by atoms with Gasteiger partial charge in [-0.25, -0.2) is 0 Å². The van der Waals surface area contributed by atoms with E-state index in [4.69, 9.17) is 4.74 Å². The molecule has 6 heteroatoms. The van der Waals surface area contributed by atoms with Gasteiger partial charge >= 0.3 is 6.18 Å². The van der Waals surface area contributed by atoms with Crippen molar-refractivity contribution in [2.24, 2.45) is 5.41 Å². The lowest BCUT2D eigenvalue weighted by Crippen LogP contribution is -2.27. The highest BCUT2D eigenvalue weighted by molar-refractivity contribution is 5.76. The Morgan fingerprint density at radius 3 is 2.48 bits per heavy atom. The van der Waals surface area contributed by atoms with Crippen LogP contribution in [0.25, 0.3) is 0 Å². The second kappa shape index (κ2) is 7.70. The number of amides is 1. The fraction of sp³-hybridized carbons (Fsp3) is 0.588. The molecule has 0 aliphatic rings. The first-order chi connectivity index (χ1) is 10.5. The van der Waals surface area contributed by atoms with Gasteiger partial charge in [-0.05, 0) is 36.5 Å². The molecule has 0 saturated carbocycles. The van der Waals surface area contributed by atoms with Crippen LogP contribution in [0.1, 0.15) is 52.1 Å². The standard InChI is InChI=1S/C17H24F3NO2/c1-12(21-15(22)8-9-16(2,3)4)13-6-5-7-14(10-13)23-11-17(18,19)20/h5-7,10,12H,8-9,11H2,1-4H3,(H,21,22)/t12-/m0/s1. The van der Waals surface area contributed by atoms with Gasteiger partial charge in [0.2, 0.25) is 5.91 Å². The Kier molecular flexibility index (Phi) is 6.47. The summed E-state index contributed by atoms with van der Waals surface area (Å²) in [6, 6.07) is 6.04. The molecule has 0 saturated heterocycles. The highest BCUT2D eigenvalue weighted by Gasteiger charge is 2.28. The summed E-state index contributed by atoms with van der Waals surface area (Å²) >= 11 is 0. The lowest BCUT2D eigenvalue weighted by molar-refractivity contribution is -0.153. The second-order valence-electron chi connectivity index (χ2n) is 6.83. The maximum absolute atomic E-state index is 12.2. The molecule has 0 aromatic heterocycles. The van der Waals surface area contributed by atoms with Gasteiger partial charge in [-0.3, -0.25) is 4.79 Å². The van der Waals surface area contributed by atoms with Gasteiger partial charge < -0.3 is 10.1 Å². The van der Waals surface area contributed by atoms with Crippen LogP contribution in [0.4, 0.5) is 13.2 Å². The van der Waals surface area contributed by atoms with Gasteiger partial charge in [0.05, 0.1) is 6.04 Å². The van der Waals surface area contributed by atoms with Crippen molar-refractivity contribution >= 4 is 5.91 Å². The predicted molar refractivity (Wildman–Crippen MR) is 83.2 cm³/mol. The van der Waals surface area contributed by atoms with Crippen LogP contribution in [0.15, 0.2) is 24.3 Å². The summed E-state index contributed by atoms with van der Waals surface area (Å²) in [5.41, 5.74) is 0.778. The number of alkyl halides is 3. The molecule has 1 N–H and O–H groups in total. The first kappa shape index (κ1) is 19.3. The highest BCUT2D eigenvalue weighted by atomic mass is 19.4. The van der Waals surface area contributed by atoms with Gasteiger partial charge in [0.15, 0.2) is 6.61 Å². The van der Waals surface area contributed by atoms with Crippen molar-refractivity contribution in [1.82, 2.24) is 5.32 Å². The van der Waals surface area contributed by atoms with E-state index in [9.17, 15) is 18.0 Å². The molecular formula is C17H24F3NO2. The Balaban J connectivity index is 2.59. The summed E-state index contributed by atoms with van der Waals surface area (Å²) in [5, 5.41) is 2.85. The van der Waals surface area contributed by atoms with E-state index in [0.29, 0.717) is 12.0 Å². The van der Waals surface area contributed by atoms with E-state index >= 15 is 0 Å². The first-order valence-electron chi connectivity index (χ1n) is 7.55. The van der Waals surface area contributed by atoms with Crippen LogP contribution >= 0.6 is 0 Å². The molecule has 0 bridgehead atoms. The maximum Gasteiger partial charge on any atom is 0.422 e. The molecule has 130 valence electrons. The Labute approximate surface area is 135 Å². The van der Waals surface area contributed by atoms with Gasteiger partial charge in [0.25, 0.3) is 0 Å². The third-order valence-electron chi connectivity index (χ3n) is 3.24. The zero-order chi connectivity index (χ0) is 17.7. The largest absolute Gasteiger partial charge is 0.484 e. The molecule has 0 aliphatic heterocycles. The van der Waals surface area contributed by atoms with Crippen LogP contribution in [0.5, 0.6) is 5.75 Å². The second-order valence-corrected chi connectivity index (χ2v) is 6.83. The van der Waals surface area contributed by atoms with Gasteiger partial charge in [-0.1, -0.05) is 32.9 Å². The zero-order valence-corrected chi connectivity index (χ0v) is 14.0. The van der Waals surface area contributed by atoms with Crippen molar-refractivity contribution in [2.75, 3.05) is 6.61 Å². The summed E-state index contributed by atoms with van der Waals surface area (Å²) in [7, 11) is 0. The topological polar surface area (TPSA) is 38.3 Å². The summed E-state index contributed by atoms with van der Waals surface area (Å²) in [6.45, 7) is 6.64. The number of rotatable bonds is 6. The average molecular weight is 331 g/mol. The fourth-order valence-electron chi connectivity index (χ4n) is 1.92. The molecule has 1 aromatic rings. The van der Waals surface area contributed by atoms with Crippen molar-refractivity contribution in [3.8, 4) is 5.75 Å². The molecule has 0 aliphatic carbocycles. The lowest BCUT2D eigenvalue weighted by Gasteiger charge is -2.19. The van der Waals surface area contributed by atoms with Crippen LogP contribution < -0.4 is 10.1 Å². The molecule has 1 amide bonds. The number of halogens is 3. The molecule has 0 unspecified atom stereocenters. The van der Waals surface area contributed by atoms with Crippen molar-refractivity contribution < 1.29 is 22.7 Å². The van der Waals surface area contributed by atoms with Crippen LogP contribution in [0.3, 0.4) is 0 Å². The SMILES string of the molecule is C[C@H](NC(=O)CCC(C)(C)C)c1cccc(OCC(F)(F)F)c1. The predicted octanol–water partition coefficient (Wildman–Crippen LogP) is 4.63. The number of benzene rings is 1. The van der Waals surface area contributed by atoms with Gasteiger partial charge in [0.1, 0.15) is 5.75 Å². The van der Waals surface area contributed by atoms with E-state index < -0.39 is 12.8 Å². The molecule has 1 aromatic carbocycles. The maximum atomic E-state index is 12.2. The Bertz CT molecular complexity index is 521. The van der Waals surface area contributed by atoms with E-state index in [2.05, 4.69) is 26.1 Å². The summed E-state index contributed by atoms with van der Waals surface area (Å²) in [5.74, 6) is 0.0599. The monoisotopic (exact) mass is 331 g/mol. The molecule has 0 fully saturated rings. The van der Waals surface area contributed by atoms with Crippen LogP contribution in [0.2, 0.25) is 0 Å². The normalized spacial score (nSPS) is 13.5. The lowest BCUT2D eigenvalue weighted by atomic mass is 9.90. The number of ether oxygens (including phenoxy) is 1. The third kappa shape index (κ3) is 8.47. The average Bonchev–Trinajstić information content (AvgIpc) is 2.42. The smallest absolute Gasteiger partial charge is 0.422 e. The van der Waals surface area contributed by atoms with E-state index in [1.165, 1.54) is 12.1 Å². The Morgan fingerprint density at radius 1 is 1.26 bits per heavy atom. The Hall–Kier alpha value is -1.72. The van der Waals surface area contributed by atoms with Crippen molar-refractivity contribution in [3.63, 3.8) is 0 Å². The number of carbonyl (C=O) groups is 1. The molecule has 3 nitrogen and oxygen atoms in total. The summed E-state index contributed by atoms with van der Waals surface area (Å²) < 4.78 is 41.2. The fourth-order valence-corrected chi connectivity index (χ4v) is 1.92. The third-order valence-corrected chi connectivity index (χ3v) is 3.24. The molecule has 0 spiro atoms. The van der Waals surface area contributed by atoms with Gasteiger partial charge in [-0.15, -0.1) is 0 Å². The van der Waals surface area contributed by atoms with Gasteiger partial charge in [0, 0.05) is 6.42 Å². The minimum atomic E-state index is -4.37. The highest BCUT2D eigenvalue weighted by Crippen LogP contribution is 2.23. The van der Waals surface area contributed by atoms with Crippen LogP contribution in [0, 0.1) is 5.41 Å². The van der Waals surface area contributed by atoms with Crippen molar-refractivity contribution in [1.29, 1.82) is 0 Å². The van der Waals surface area contributed by atoms with Gasteiger partial charge in [-0.2, -0.15) is 13.2 Å². The van der Waals surface area contributed by atoms with Crippen LogP contribution in [-0.4, -0.2) is 18.7 Å². The molecule has 1 atom stereocenters. The summed E-state index contributed by atoms with van der Waals surface area (Å²) in [4.78, 5) is 11.9. The van der Waals surface area contributed by atoms with E-state index in [1.54, 1.807) is 19.1 Å². The quantitative estimate of drug-likeness (QED) is 0.825. The van der Waals surface area contributed by atoms with Crippen LogP contribution in [-0.2, 0) is 4.79 Å². The molecule has 23 heavy (non-hydrogen) atoms.